The molecule has 0 aromatic heterocycles. The molecule has 132 valence electrons. The summed E-state index contributed by atoms with van der Waals surface area (Å²) < 4.78 is 5.74. The van der Waals surface area contributed by atoms with Crippen molar-refractivity contribution in [1.82, 2.24) is 4.90 Å². The van der Waals surface area contributed by atoms with Crippen LogP contribution in [0.5, 0.6) is 0 Å². The van der Waals surface area contributed by atoms with E-state index in [9.17, 15) is 4.79 Å². The Labute approximate surface area is 153 Å². The molecule has 1 aliphatic heterocycles. The molecule has 0 bridgehead atoms. The van der Waals surface area contributed by atoms with Gasteiger partial charge >= 0.3 is 6.09 Å². The zero-order chi connectivity index (χ0) is 17.6. The molecule has 0 radical (unpaired) electrons. The Kier molecular flexibility index (Phi) is 6.00. The SMILES string of the molecule is CCN1CC(OC(=O)Nc2ccccc2)C(Sc2ccc(C)cc2)C1. The average Bonchev–Trinajstić information content (AvgIpc) is 2.99. The second-order valence-corrected chi connectivity index (χ2v) is 7.57. The van der Waals surface area contributed by atoms with Gasteiger partial charge in [-0.1, -0.05) is 42.8 Å². The van der Waals surface area contributed by atoms with E-state index in [1.54, 1.807) is 11.8 Å². The summed E-state index contributed by atoms with van der Waals surface area (Å²) in [5, 5.41) is 3.04. The van der Waals surface area contributed by atoms with E-state index >= 15 is 0 Å². The van der Waals surface area contributed by atoms with E-state index in [2.05, 4.69) is 48.3 Å². The summed E-state index contributed by atoms with van der Waals surface area (Å²) in [6.45, 7) is 6.90. The van der Waals surface area contributed by atoms with Gasteiger partial charge in [0.2, 0.25) is 0 Å². The van der Waals surface area contributed by atoms with Gasteiger partial charge in [0.25, 0.3) is 0 Å². The molecule has 1 amide bonds. The number of carbonyl (C=O) groups is 1. The van der Waals surface area contributed by atoms with Gasteiger partial charge in [-0.25, -0.2) is 4.79 Å². The summed E-state index contributed by atoms with van der Waals surface area (Å²) in [6, 6.07) is 17.9. The van der Waals surface area contributed by atoms with Crippen LogP contribution in [0.3, 0.4) is 0 Å². The van der Waals surface area contributed by atoms with Crippen molar-refractivity contribution in [3.8, 4) is 0 Å². The molecule has 5 heteroatoms. The third-order valence-electron chi connectivity index (χ3n) is 4.33. The highest BCUT2D eigenvalue weighted by Gasteiger charge is 2.35. The van der Waals surface area contributed by atoms with E-state index < -0.39 is 0 Å². The number of likely N-dealkylation sites (tertiary alicyclic amines) is 1. The molecule has 0 spiro atoms. The molecule has 1 heterocycles. The molecule has 25 heavy (non-hydrogen) atoms. The number of anilines is 1. The predicted molar refractivity (Wildman–Crippen MR) is 103 cm³/mol. The van der Waals surface area contributed by atoms with E-state index in [1.165, 1.54) is 10.5 Å². The van der Waals surface area contributed by atoms with Crippen molar-refractivity contribution < 1.29 is 9.53 Å². The number of ether oxygens (including phenoxy) is 1. The number of para-hydroxylation sites is 1. The molecule has 0 saturated carbocycles. The van der Waals surface area contributed by atoms with E-state index in [0.29, 0.717) is 0 Å². The van der Waals surface area contributed by atoms with Crippen molar-refractivity contribution in [1.29, 1.82) is 0 Å². The Bertz CT molecular complexity index is 691. The van der Waals surface area contributed by atoms with Crippen molar-refractivity contribution in [3.63, 3.8) is 0 Å². The summed E-state index contributed by atoms with van der Waals surface area (Å²) >= 11 is 1.79. The summed E-state index contributed by atoms with van der Waals surface area (Å²) in [4.78, 5) is 15.8. The van der Waals surface area contributed by atoms with Gasteiger partial charge in [0.05, 0.1) is 5.25 Å². The molecule has 4 nitrogen and oxygen atoms in total. The topological polar surface area (TPSA) is 41.6 Å². The van der Waals surface area contributed by atoms with Crippen LogP contribution >= 0.6 is 11.8 Å². The molecule has 0 aliphatic carbocycles. The molecule has 2 unspecified atom stereocenters. The van der Waals surface area contributed by atoms with E-state index in [4.69, 9.17) is 4.74 Å². The molecule has 3 rings (SSSR count). The van der Waals surface area contributed by atoms with Crippen LogP contribution in [0, 0.1) is 6.92 Å². The fourth-order valence-electron chi connectivity index (χ4n) is 2.90. The maximum atomic E-state index is 12.2. The first-order valence-electron chi connectivity index (χ1n) is 8.62. The average molecular weight is 356 g/mol. The Morgan fingerprint density at radius 2 is 1.88 bits per heavy atom. The van der Waals surface area contributed by atoms with Gasteiger partial charge in [-0.05, 0) is 37.7 Å². The lowest BCUT2D eigenvalue weighted by Crippen LogP contribution is -2.30. The second kappa shape index (κ2) is 8.41. The lowest BCUT2D eigenvalue weighted by molar-refractivity contribution is 0.116. The molecule has 1 N–H and O–H groups in total. The Morgan fingerprint density at radius 1 is 1.16 bits per heavy atom. The minimum absolute atomic E-state index is 0.116. The van der Waals surface area contributed by atoms with Crippen molar-refractivity contribution in [3.05, 3.63) is 60.2 Å². The fourth-order valence-corrected chi connectivity index (χ4v) is 4.12. The van der Waals surface area contributed by atoms with Crippen molar-refractivity contribution in [2.45, 2.75) is 30.1 Å². The predicted octanol–water partition coefficient (Wildman–Crippen LogP) is 4.41. The lowest BCUT2D eigenvalue weighted by Gasteiger charge is -2.19. The number of benzene rings is 2. The van der Waals surface area contributed by atoms with Crippen LogP contribution in [0.2, 0.25) is 0 Å². The van der Waals surface area contributed by atoms with Gasteiger partial charge < -0.3 is 4.74 Å². The van der Waals surface area contributed by atoms with Crippen LogP contribution in [0.25, 0.3) is 0 Å². The van der Waals surface area contributed by atoms with E-state index in [1.807, 2.05) is 30.3 Å². The van der Waals surface area contributed by atoms with Gasteiger partial charge in [0.1, 0.15) is 6.10 Å². The normalized spacial score (nSPS) is 20.4. The van der Waals surface area contributed by atoms with Gasteiger partial charge in [0.15, 0.2) is 0 Å². The maximum Gasteiger partial charge on any atom is 0.411 e. The Hall–Kier alpha value is -1.98. The number of nitrogens with one attached hydrogen (secondary N) is 1. The minimum Gasteiger partial charge on any atom is -0.443 e. The van der Waals surface area contributed by atoms with Crippen LogP contribution in [0.4, 0.5) is 10.5 Å². The largest absolute Gasteiger partial charge is 0.443 e. The van der Waals surface area contributed by atoms with Crippen molar-refractivity contribution >= 4 is 23.5 Å². The number of thioether (sulfide) groups is 1. The molecule has 1 aliphatic rings. The third-order valence-corrected chi connectivity index (χ3v) is 5.62. The first-order chi connectivity index (χ1) is 12.1. The molecule has 2 aromatic rings. The first-order valence-corrected chi connectivity index (χ1v) is 9.50. The van der Waals surface area contributed by atoms with Crippen molar-refractivity contribution in [2.75, 3.05) is 25.0 Å². The number of likely N-dealkylation sites (N-methyl/N-ethyl adjacent to an activating group) is 1. The zero-order valence-corrected chi connectivity index (χ0v) is 15.5. The molecular formula is C20H24N2O2S. The van der Waals surface area contributed by atoms with Crippen LogP contribution in [-0.4, -0.2) is 42.0 Å². The smallest absolute Gasteiger partial charge is 0.411 e. The third kappa shape index (κ3) is 5.00. The fraction of sp³-hybridized carbons (Fsp3) is 0.350. The maximum absolute atomic E-state index is 12.2. The first kappa shape index (κ1) is 17.8. The van der Waals surface area contributed by atoms with Crippen LogP contribution in [0.15, 0.2) is 59.5 Å². The van der Waals surface area contributed by atoms with E-state index in [-0.39, 0.29) is 17.4 Å². The van der Waals surface area contributed by atoms with Gasteiger partial charge in [-0.15, -0.1) is 11.8 Å². The molecular weight excluding hydrogens is 332 g/mol. The van der Waals surface area contributed by atoms with Gasteiger partial charge in [0, 0.05) is 23.7 Å². The lowest BCUT2D eigenvalue weighted by atomic mass is 10.2. The summed E-state index contributed by atoms with van der Waals surface area (Å²) in [6.07, 6.45) is -0.501. The Balaban J connectivity index is 1.62. The van der Waals surface area contributed by atoms with Gasteiger partial charge in [-0.2, -0.15) is 0 Å². The van der Waals surface area contributed by atoms with Crippen LogP contribution in [-0.2, 0) is 4.74 Å². The summed E-state index contributed by atoms with van der Waals surface area (Å²) in [7, 11) is 0. The molecule has 2 aromatic carbocycles. The number of amides is 1. The number of nitrogens with zero attached hydrogens (tertiary/aromatic N) is 1. The summed E-state index contributed by atoms with van der Waals surface area (Å²) in [5.74, 6) is 0. The zero-order valence-electron chi connectivity index (χ0n) is 14.6. The van der Waals surface area contributed by atoms with Gasteiger partial charge in [-0.3, -0.25) is 10.2 Å². The van der Waals surface area contributed by atoms with Crippen molar-refractivity contribution in [2.24, 2.45) is 0 Å². The number of carbonyl (C=O) groups excluding carboxylic acids is 1. The van der Waals surface area contributed by atoms with Crippen LogP contribution in [0.1, 0.15) is 12.5 Å². The summed E-state index contributed by atoms with van der Waals surface area (Å²) in [5.41, 5.74) is 2.00. The number of aryl methyl sites for hydroxylation is 1. The standard InChI is InChI=1S/C20H24N2O2S/c1-3-22-13-18(24-20(23)21-16-7-5-4-6-8-16)19(14-22)25-17-11-9-15(2)10-12-17/h4-12,18-19H,3,13-14H2,1-2H3,(H,21,23). The molecule has 1 saturated heterocycles. The molecule has 2 atom stereocenters. The highest BCUT2D eigenvalue weighted by molar-refractivity contribution is 8.00. The van der Waals surface area contributed by atoms with Crippen LogP contribution < -0.4 is 5.32 Å². The number of hydrogen-bond acceptors (Lipinski definition) is 4. The second-order valence-electron chi connectivity index (χ2n) is 6.26. The number of rotatable bonds is 5. The molecule has 1 fully saturated rings. The minimum atomic E-state index is -0.386. The highest BCUT2D eigenvalue weighted by Crippen LogP contribution is 2.31. The monoisotopic (exact) mass is 356 g/mol. The Morgan fingerprint density at radius 3 is 2.56 bits per heavy atom. The highest BCUT2D eigenvalue weighted by atomic mass is 32.2. The van der Waals surface area contributed by atoms with E-state index in [0.717, 1.165) is 25.3 Å². The quantitative estimate of drug-likeness (QED) is 0.862. The number of hydrogen-bond donors (Lipinski definition) is 1.